The second-order valence-corrected chi connectivity index (χ2v) is 5.07. The molecule has 1 atom stereocenters. The fourth-order valence-corrected chi connectivity index (χ4v) is 2.68. The number of nitrogen functional groups attached to an aromatic ring is 1. The summed E-state index contributed by atoms with van der Waals surface area (Å²) in [5.74, 6) is 1.53. The summed E-state index contributed by atoms with van der Waals surface area (Å²) in [6.45, 7) is 5.65. The Kier molecular flexibility index (Phi) is 3.46. The van der Waals surface area contributed by atoms with E-state index in [4.69, 9.17) is 10.5 Å². The quantitative estimate of drug-likeness (QED) is 0.817. The molecule has 0 radical (unpaired) electrons. The molecule has 2 rings (SSSR count). The van der Waals surface area contributed by atoms with E-state index in [1.807, 2.05) is 12.1 Å². The number of nitrogens with two attached hydrogens (primary N) is 1. The summed E-state index contributed by atoms with van der Waals surface area (Å²) in [5.41, 5.74) is 8.06. The predicted molar refractivity (Wildman–Crippen MR) is 72.6 cm³/mol. The van der Waals surface area contributed by atoms with Crippen LogP contribution in [0, 0.1) is 5.92 Å². The SMILES string of the molecule is COc1ccc(N)c(N2CCCC2C(C)C)c1. The molecule has 1 aliphatic rings. The first-order chi connectivity index (χ1) is 8.13. The van der Waals surface area contributed by atoms with E-state index in [1.165, 1.54) is 12.8 Å². The standard InChI is InChI=1S/C14H22N2O/c1-10(2)13-5-4-8-16(13)14-9-11(17-3)6-7-12(14)15/h6-7,9-10,13H,4-5,8,15H2,1-3H3. The van der Waals surface area contributed by atoms with Crippen molar-refractivity contribution < 1.29 is 4.74 Å². The Labute approximate surface area is 104 Å². The van der Waals surface area contributed by atoms with Gasteiger partial charge >= 0.3 is 0 Å². The minimum Gasteiger partial charge on any atom is -0.497 e. The molecule has 2 N–H and O–H groups in total. The largest absolute Gasteiger partial charge is 0.497 e. The van der Waals surface area contributed by atoms with E-state index in [0.717, 1.165) is 23.7 Å². The second kappa shape index (κ2) is 4.86. The Hall–Kier alpha value is -1.38. The minimum absolute atomic E-state index is 0.601. The summed E-state index contributed by atoms with van der Waals surface area (Å²) in [6, 6.07) is 6.50. The number of anilines is 2. The maximum atomic E-state index is 6.09. The first-order valence-corrected chi connectivity index (χ1v) is 6.33. The van der Waals surface area contributed by atoms with Crippen LogP contribution in [0.3, 0.4) is 0 Å². The lowest BCUT2D eigenvalue weighted by Gasteiger charge is -2.30. The maximum absolute atomic E-state index is 6.09. The van der Waals surface area contributed by atoms with Crippen molar-refractivity contribution in [1.82, 2.24) is 0 Å². The van der Waals surface area contributed by atoms with Crippen molar-refractivity contribution in [2.75, 3.05) is 24.3 Å². The smallest absolute Gasteiger partial charge is 0.121 e. The zero-order valence-corrected chi connectivity index (χ0v) is 10.9. The van der Waals surface area contributed by atoms with Crippen LogP contribution in [0.15, 0.2) is 18.2 Å². The molecule has 1 fully saturated rings. The van der Waals surface area contributed by atoms with Gasteiger partial charge in [-0.2, -0.15) is 0 Å². The lowest BCUT2D eigenvalue weighted by Crippen LogP contribution is -2.33. The molecule has 0 spiro atoms. The second-order valence-electron chi connectivity index (χ2n) is 5.07. The summed E-state index contributed by atoms with van der Waals surface area (Å²) in [4.78, 5) is 2.43. The highest BCUT2D eigenvalue weighted by atomic mass is 16.5. The average molecular weight is 234 g/mol. The number of methoxy groups -OCH3 is 1. The van der Waals surface area contributed by atoms with Crippen molar-refractivity contribution in [3.8, 4) is 5.75 Å². The van der Waals surface area contributed by atoms with Crippen molar-refractivity contribution in [2.24, 2.45) is 5.92 Å². The highest BCUT2D eigenvalue weighted by molar-refractivity contribution is 5.70. The molecule has 0 amide bonds. The molecule has 1 aromatic carbocycles. The third kappa shape index (κ3) is 2.33. The highest BCUT2D eigenvalue weighted by Crippen LogP contribution is 2.35. The highest BCUT2D eigenvalue weighted by Gasteiger charge is 2.28. The number of benzene rings is 1. The van der Waals surface area contributed by atoms with Gasteiger partial charge in [-0.1, -0.05) is 13.8 Å². The van der Waals surface area contributed by atoms with Crippen LogP contribution in [-0.2, 0) is 0 Å². The summed E-state index contributed by atoms with van der Waals surface area (Å²) in [7, 11) is 1.69. The van der Waals surface area contributed by atoms with Crippen LogP contribution < -0.4 is 15.4 Å². The number of rotatable bonds is 3. The average Bonchev–Trinajstić information content (AvgIpc) is 2.78. The Bertz CT molecular complexity index is 390. The van der Waals surface area contributed by atoms with Crippen LogP contribution in [0.2, 0.25) is 0 Å². The molecule has 1 unspecified atom stereocenters. The molecule has 1 aromatic rings. The van der Waals surface area contributed by atoms with Crippen molar-refractivity contribution >= 4 is 11.4 Å². The maximum Gasteiger partial charge on any atom is 0.121 e. The van der Waals surface area contributed by atoms with E-state index in [1.54, 1.807) is 7.11 Å². The summed E-state index contributed by atoms with van der Waals surface area (Å²) >= 11 is 0. The minimum atomic E-state index is 0.601. The van der Waals surface area contributed by atoms with Gasteiger partial charge in [0.1, 0.15) is 5.75 Å². The van der Waals surface area contributed by atoms with Gasteiger partial charge in [-0.25, -0.2) is 0 Å². The molecule has 0 aromatic heterocycles. The molecule has 3 nitrogen and oxygen atoms in total. The summed E-state index contributed by atoms with van der Waals surface area (Å²) in [6.07, 6.45) is 2.51. The normalized spacial score (nSPS) is 20.0. The van der Waals surface area contributed by atoms with Gasteiger partial charge in [-0.15, -0.1) is 0 Å². The van der Waals surface area contributed by atoms with E-state index < -0.39 is 0 Å². The monoisotopic (exact) mass is 234 g/mol. The van der Waals surface area contributed by atoms with E-state index in [0.29, 0.717) is 12.0 Å². The lowest BCUT2D eigenvalue weighted by atomic mass is 10.0. The number of ether oxygens (including phenoxy) is 1. The molecular formula is C14H22N2O. The van der Waals surface area contributed by atoms with Gasteiger partial charge in [0.05, 0.1) is 18.5 Å². The van der Waals surface area contributed by atoms with Crippen LogP contribution >= 0.6 is 0 Å². The Morgan fingerprint density at radius 2 is 2.18 bits per heavy atom. The van der Waals surface area contributed by atoms with Gasteiger partial charge in [0.2, 0.25) is 0 Å². The molecular weight excluding hydrogens is 212 g/mol. The first kappa shape index (κ1) is 12.1. The summed E-state index contributed by atoms with van der Waals surface area (Å²) in [5, 5.41) is 0. The van der Waals surface area contributed by atoms with Gasteiger partial charge in [0, 0.05) is 18.7 Å². The van der Waals surface area contributed by atoms with Crippen LogP contribution in [0.25, 0.3) is 0 Å². The molecule has 1 saturated heterocycles. The molecule has 0 saturated carbocycles. The lowest BCUT2D eigenvalue weighted by molar-refractivity contribution is 0.414. The van der Waals surface area contributed by atoms with Crippen molar-refractivity contribution in [3.63, 3.8) is 0 Å². The number of hydrogen-bond acceptors (Lipinski definition) is 3. The Balaban J connectivity index is 2.32. The van der Waals surface area contributed by atoms with Gasteiger partial charge in [-0.3, -0.25) is 0 Å². The van der Waals surface area contributed by atoms with E-state index in [2.05, 4.69) is 24.8 Å². The van der Waals surface area contributed by atoms with Crippen LogP contribution in [0.5, 0.6) is 5.75 Å². The predicted octanol–water partition coefficient (Wildman–Crippen LogP) is 2.90. The van der Waals surface area contributed by atoms with Crippen molar-refractivity contribution in [2.45, 2.75) is 32.7 Å². The molecule has 1 heterocycles. The van der Waals surface area contributed by atoms with Gasteiger partial charge < -0.3 is 15.4 Å². The zero-order valence-electron chi connectivity index (χ0n) is 10.9. The van der Waals surface area contributed by atoms with Gasteiger partial charge in [0.25, 0.3) is 0 Å². The van der Waals surface area contributed by atoms with Crippen molar-refractivity contribution in [1.29, 1.82) is 0 Å². The summed E-state index contributed by atoms with van der Waals surface area (Å²) < 4.78 is 5.28. The molecule has 94 valence electrons. The van der Waals surface area contributed by atoms with Crippen LogP contribution in [0.1, 0.15) is 26.7 Å². The van der Waals surface area contributed by atoms with E-state index in [9.17, 15) is 0 Å². The molecule has 17 heavy (non-hydrogen) atoms. The fraction of sp³-hybridized carbons (Fsp3) is 0.571. The van der Waals surface area contributed by atoms with Gasteiger partial charge in [0.15, 0.2) is 0 Å². The molecule has 1 aliphatic heterocycles. The zero-order chi connectivity index (χ0) is 12.4. The number of hydrogen-bond donors (Lipinski definition) is 1. The first-order valence-electron chi connectivity index (χ1n) is 6.33. The third-order valence-electron chi connectivity index (χ3n) is 3.62. The molecule has 0 aliphatic carbocycles. The fourth-order valence-electron chi connectivity index (χ4n) is 2.68. The Morgan fingerprint density at radius 3 is 2.82 bits per heavy atom. The topological polar surface area (TPSA) is 38.5 Å². The van der Waals surface area contributed by atoms with Crippen molar-refractivity contribution in [3.05, 3.63) is 18.2 Å². The van der Waals surface area contributed by atoms with Gasteiger partial charge in [-0.05, 0) is 30.9 Å². The third-order valence-corrected chi connectivity index (χ3v) is 3.62. The Morgan fingerprint density at radius 1 is 1.41 bits per heavy atom. The van der Waals surface area contributed by atoms with E-state index >= 15 is 0 Å². The molecule has 3 heteroatoms. The number of nitrogens with zero attached hydrogens (tertiary/aromatic N) is 1. The molecule has 0 bridgehead atoms. The van der Waals surface area contributed by atoms with Crippen LogP contribution in [-0.4, -0.2) is 19.7 Å². The van der Waals surface area contributed by atoms with Crippen LogP contribution in [0.4, 0.5) is 11.4 Å². The van der Waals surface area contributed by atoms with E-state index in [-0.39, 0.29) is 0 Å².